The van der Waals surface area contributed by atoms with Crippen molar-refractivity contribution in [2.45, 2.75) is 19.6 Å². The molecule has 0 aliphatic heterocycles. The zero-order chi connectivity index (χ0) is 15.4. The van der Waals surface area contributed by atoms with Crippen LogP contribution in [0.4, 0.5) is 4.39 Å². The molecule has 0 saturated carbocycles. The van der Waals surface area contributed by atoms with Crippen LogP contribution in [-0.4, -0.2) is 12.2 Å². The first-order valence-corrected chi connectivity index (χ1v) is 7.23. The van der Waals surface area contributed by atoms with E-state index in [9.17, 15) is 9.50 Å². The van der Waals surface area contributed by atoms with Gasteiger partial charge >= 0.3 is 0 Å². The summed E-state index contributed by atoms with van der Waals surface area (Å²) < 4.78 is 25.3. The van der Waals surface area contributed by atoms with E-state index in [1.807, 2.05) is 18.2 Å². The predicted molar refractivity (Wildman–Crippen MR) is 82.1 cm³/mol. The van der Waals surface area contributed by atoms with Crippen LogP contribution in [0.5, 0.6) is 11.5 Å². The van der Waals surface area contributed by atoms with E-state index in [4.69, 9.17) is 9.47 Å². The first kappa shape index (κ1) is 15.8. The van der Waals surface area contributed by atoms with E-state index in [0.29, 0.717) is 5.56 Å². The average molecular weight is 355 g/mol. The van der Waals surface area contributed by atoms with Crippen LogP contribution in [0.2, 0.25) is 0 Å². The lowest BCUT2D eigenvalue weighted by atomic mass is 10.1. The van der Waals surface area contributed by atoms with Crippen molar-refractivity contribution >= 4 is 15.9 Å². The second-order valence-corrected chi connectivity index (χ2v) is 5.48. The van der Waals surface area contributed by atoms with Crippen LogP contribution in [0.25, 0.3) is 0 Å². The van der Waals surface area contributed by atoms with E-state index in [2.05, 4.69) is 15.9 Å². The molecule has 5 heteroatoms. The van der Waals surface area contributed by atoms with E-state index in [-0.39, 0.29) is 12.4 Å². The Kier molecular flexibility index (Phi) is 5.20. The summed E-state index contributed by atoms with van der Waals surface area (Å²) in [4.78, 5) is 0. The first-order chi connectivity index (χ1) is 10.0. The molecule has 0 spiro atoms. The van der Waals surface area contributed by atoms with Crippen LogP contribution in [0.3, 0.4) is 0 Å². The first-order valence-electron chi connectivity index (χ1n) is 6.44. The van der Waals surface area contributed by atoms with Gasteiger partial charge in [0.1, 0.15) is 12.4 Å². The van der Waals surface area contributed by atoms with Crippen molar-refractivity contribution in [2.75, 3.05) is 7.11 Å². The lowest BCUT2D eigenvalue weighted by Gasteiger charge is -2.11. The molecule has 0 aliphatic carbocycles. The minimum absolute atomic E-state index is 0.159. The third-order valence-electron chi connectivity index (χ3n) is 3.05. The van der Waals surface area contributed by atoms with Gasteiger partial charge in [0.15, 0.2) is 11.6 Å². The minimum Gasteiger partial charge on any atom is -0.496 e. The fraction of sp³-hybridized carbons (Fsp3) is 0.250. The molecule has 0 fully saturated rings. The number of ether oxygens (including phenoxy) is 2. The van der Waals surface area contributed by atoms with Crippen molar-refractivity contribution in [3.05, 3.63) is 57.8 Å². The van der Waals surface area contributed by atoms with Gasteiger partial charge in [0, 0.05) is 0 Å². The topological polar surface area (TPSA) is 38.7 Å². The molecule has 0 aliphatic rings. The fourth-order valence-corrected chi connectivity index (χ4v) is 2.44. The zero-order valence-electron chi connectivity index (χ0n) is 11.8. The highest BCUT2D eigenvalue weighted by molar-refractivity contribution is 9.10. The Hall–Kier alpha value is -1.59. The molecule has 112 valence electrons. The number of hydrogen-bond acceptors (Lipinski definition) is 3. The summed E-state index contributed by atoms with van der Waals surface area (Å²) in [5, 5.41) is 9.40. The van der Waals surface area contributed by atoms with Gasteiger partial charge in [-0.25, -0.2) is 4.39 Å². The molecule has 3 nitrogen and oxygen atoms in total. The van der Waals surface area contributed by atoms with Crippen LogP contribution in [0.1, 0.15) is 24.2 Å². The lowest BCUT2D eigenvalue weighted by molar-refractivity contribution is 0.198. The van der Waals surface area contributed by atoms with Crippen molar-refractivity contribution in [1.29, 1.82) is 0 Å². The van der Waals surface area contributed by atoms with Crippen molar-refractivity contribution in [1.82, 2.24) is 0 Å². The van der Waals surface area contributed by atoms with E-state index in [0.717, 1.165) is 15.8 Å². The third-order valence-corrected chi connectivity index (χ3v) is 3.67. The van der Waals surface area contributed by atoms with Gasteiger partial charge in [-0.3, -0.25) is 0 Å². The largest absolute Gasteiger partial charge is 0.496 e. The van der Waals surface area contributed by atoms with Gasteiger partial charge in [0.2, 0.25) is 0 Å². The number of rotatable bonds is 5. The number of aliphatic hydroxyl groups is 1. The SMILES string of the molecule is COc1ccc(COc2ccc([C@@H](C)O)cc2F)cc1Br. The number of aliphatic hydroxyl groups excluding tert-OH is 1. The van der Waals surface area contributed by atoms with Gasteiger partial charge in [-0.1, -0.05) is 12.1 Å². The molecule has 2 aromatic carbocycles. The molecule has 0 saturated heterocycles. The number of methoxy groups -OCH3 is 1. The van der Waals surface area contributed by atoms with E-state index < -0.39 is 11.9 Å². The summed E-state index contributed by atoms with van der Waals surface area (Å²) in [6.07, 6.45) is -0.703. The molecule has 2 rings (SSSR count). The molecular formula is C16H16BrFO3. The molecule has 0 aromatic heterocycles. The van der Waals surface area contributed by atoms with Gasteiger partial charge in [-0.2, -0.15) is 0 Å². The number of halogens is 2. The lowest BCUT2D eigenvalue weighted by Crippen LogP contribution is -1.99. The van der Waals surface area contributed by atoms with Gasteiger partial charge in [-0.05, 0) is 58.2 Å². The maximum Gasteiger partial charge on any atom is 0.165 e. The van der Waals surface area contributed by atoms with Crippen LogP contribution in [0.15, 0.2) is 40.9 Å². The number of hydrogen-bond donors (Lipinski definition) is 1. The van der Waals surface area contributed by atoms with Crippen molar-refractivity contribution in [3.8, 4) is 11.5 Å². The summed E-state index contributed by atoms with van der Waals surface area (Å²) in [6, 6.07) is 9.98. The van der Waals surface area contributed by atoms with Crippen molar-refractivity contribution in [3.63, 3.8) is 0 Å². The summed E-state index contributed by atoms with van der Waals surface area (Å²) in [6.45, 7) is 1.83. The summed E-state index contributed by atoms with van der Waals surface area (Å²) >= 11 is 3.39. The van der Waals surface area contributed by atoms with Crippen molar-refractivity contribution < 1.29 is 19.0 Å². The molecular weight excluding hydrogens is 339 g/mol. The van der Waals surface area contributed by atoms with Gasteiger partial charge in [0.25, 0.3) is 0 Å². The second-order valence-electron chi connectivity index (χ2n) is 4.62. The van der Waals surface area contributed by atoms with E-state index in [1.54, 1.807) is 20.1 Å². The normalized spacial score (nSPS) is 12.0. The molecule has 1 N–H and O–H groups in total. The molecule has 0 radical (unpaired) electrons. The Labute approximate surface area is 131 Å². The van der Waals surface area contributed by atoms with E-state index >= 15 is 0 Å². The maximum absolute atomic E-state index is 13.8. The molecule has 0 bridgehead atoms. The van der Waals surface area contributed by atoms with Gasteiger partial charge in [-0.15, -0.1) is 0 Å². The molecule has 0 amide bonds. The molecule has 0 heterocycles. The highest BCUT2D eigenvalue weighted by atomic mass is 79.9. The van der Waals surface area contributed by atoms with Gasteiger partial charge in [0.05, 0.1) is 17.7 Å². The number of benzene rings is 2. The summed E-state index contributed by atoms with van der Waals surface area (Å²) in [7, 11) is 1.59. The van der Waals surface area contributed by atoms with E-state index in [1.165, 1.54) is 12.1 Å². The quantitative estimate of drug-likeness (QED) is 0.873. The average Bonchev–Trinajstić information content (AvgIpc) is 2.46. The predicted octanol–water partition coefficient (Wildman–Crippen LogP) is 4.23. The molecule has 1 atom stereocenters. The Balaban J connectivity index is 2.08. The van der Waals surface area contributed by atoms with Crippen LogP contribution in [-0.2, 0) is 6.61 Å². The highest BCUT2D eigenvalue weighted by Crippen LogP contribution is 2.27. The standard InChI is InChI=1S/C16H16BrFO3/c1-10(19)12-4-6-16(14(18)8-12)21-9-11-3-5-15(20-2)13(17)7-11/h3-8,10,19H,9H2,1-2H3/t10-/m1/s1. The Morgan fingerprint density at radius 1 is 1.19 bits per heavy atom. The molecule has 2 aromatic rings. The summed E-state index contributed by atoms with van der Waals surface area (Å²) in [5.41, 5.74) is 1.41. The second kappa shape index (κ2) is 6.91. The smallest absolute Gasteiger partial charge is 0.165 e. The highest BCUT2D eigenvalue weighted by Gasteiger charge is 2.09. The van der Waals surface area contributed by atoms with Crippen molar-refractivity contribution in [2.24, 2.45) is 0 Å². The fourth-order valence-electron chi connectivity index (χ4n) is 1.85. The molecule has 21 heavy (non-hydrogen) atoms. The zero-order valence-corrected chi connectivity index (χ0v) is 13.4. The Morgan fingerprint density at radius 2 is 1.90 bits per heavy atom. The van der Waals surface area contributed by atoms with Gasteiger partial charge < -0.3 is 14.6 Å². The van der Waals surface area contributed by atoms with Crippen LogP contribution < -0.4 is 9.47 Å². The third kappa shape index (κ3) is 3.95. The Bertz CT molecular complexity index is 629. The van der Waals surface area contributed by atoms with Crippen LogP contribution >= 0.6 is 15.9 Å². The molecule has 0 unspecified atom stereocenters. The van der Waals surface area contributed by atoms with Crippen LogP contribution in [0, 0.1) is 5.82 Å². The monoisotopic (exact) mass is 354 g/mol. The summed E-state index contributed by atoms with van der Waals surface area (Å²) in [5.74, 6) is 0.401. The minimum atomic E-state index is -0.703. The Morgan fingerprint density at radius 3 is 2.48 bits per heavy atom. The maximum atomic E-state index is 13.8.